The summed E-state index contributed by atoms with van der Waals surface area (Å²) in [6, 6.07) is 0. The van der Waals surface area contributed by atoms with E-state index in [2.05, 4.69) is 0 Å². The van der Waals surface area contributed by atoms with Gasteiger partial charge in [-0.25, -0.2) is 0 Å². The standard InChI is InChI=1S/C6H14N2.C3H5O3.Pt/c7-3-5-1-2-6(5)4-8;1-2(4)3(5)6;/h5-6H,1-4,7-8H2;2H,1H3,(H,5,6);/q;-1;+2/p-1/t5-,6-;2-;/m00./s1. The van der Waals surface area contributed by atoms with Gasteiger partial charge in [0.15, 0.2) is 0 Å². The summed E-state index contributed by atoms with van der Waals surface area (Å²) >= 11 is 0. The normalized spacial score (nSPS) is 25.1. The van der Waals surface area contributed by atoms with E-state index in [0.717, 1.165) is 31.8 Å². The minimum Gasteiger partial charge on any atom is -0.848 e. The van der Waals surface area contributed by atoms with Crippen molar-refractivity contribution in [1.82, 2.24) is 0 Å². The van der Waals surface area contributed by atoms with Crippen LogP contribution in [-0.2, 0) is 25.9 Å². The minimum atomic E-state index is -1.59. The van der Waals surface area contributed by atoms with Gasteiger partial charge >= 0.3 is 21.1 Å². The molecule has 6 heteroatoms. The average molecular weight is 397 g/mol. The van der Waals surface area contributed by atoms with Crippen LogP contribution in [0.15, 0.2) is 0 Å². The van der Waals surface area contributed by atoms with Gasteiger partial charge in [0, 0.05) is 5.97 Å². The molecule has 1 aliphatic carbocycles. The number of carbonyl (C=O) groups excluding carboxylic acids is 1. The van der Waals surface area contributed by atoms with E-state index in [1.165, 1.54) is 12.8 Å². The third-order valence-electron chi connectivity index (χ3n) is 2.51. The van der Waals surface area contributed by atoms with Gasteiger partial charge in [-0.15, -0.1) is 0 Å². The van der Waals surface area contributed by atoms with Crippen molar-refractivity contribution < 1.29 is 36.1 Å². The molecule has 1 rings (SSSR count). The smallest absolute Gasteiger partial charge is 0.848 e. The molecule has 0 heterocycles. The summed E-state index contributed by atoms with van der Waals surface area (Å²) in [4.78, 5) is 9.28. The van der Waals surface area contributed by atoms with Gasteiger partial charge in [0.1, 0.15) is 0 Å². The number of carbonyl (C=O) groups is 1. The number of hydrogen-bond donors (Lipinski definition) is 2. The maximum absolute atomic E-state index is 9.56. The van der Waals surface area contributed by atoms with Gasteiger partial charge in [0.05, 0.1) is 0 Å². The summed E-state index contributed by atoms with van der Waals surface area (Å²) in [5.41, 5.74) is 10.9. The van der Waals surface area contributed by atoms with Crippen molar-refractivity contribution in [1.29, 1.82) is 0 Å². The predicted octanol–water partition coefficient (Wildman–Crippen LogP) is -2.59. The Labute approximate surface area is 104 Å². The Balaban J connectivity index is 0. The molecule has 0 aromatic carbocycles. The molecule has 0 aromatic heterocycles. The Bertz CT molecular complexity index is 165. The molecule has 0 unspecified atom stereocenters. The zero-order chi connectivity index (χ0) is 11.1. The van der Waals surface area contributed by atoms with E-state index in [0.29, 0.717) is 0 Å². The Hall–Kier alpha value is 0.0383. The summed E-state index contributed by atoms with van der Waals surface area (Å²) in [5, 5.41) is 18.8. The topological polar surface area (TPSA) is 115 Å². The summed E-state index contributed by atoms with van der Waals surface area (Å²) in [6.07, 6.45) is 1.02. The van der Waals surface area contributed by atoms with Gasteiger partial charge in [-0.1, -0.05) is 13.0 Å². The molecule has 5 nitrogen and oxygen atoms in total. The van der Waals surface area contributed by atoms with Crippen LogP contribution in [0, 0.1) is 11.8 Å². The number of nitrogens with two attached hydrogens (primary N) is 2. The molecule has 0 aromatic rings. The Morgan fingerprint density at radius 3 is 1.67 bits per heavy atom. The van der Waals surface area contributed by atoms with E-state index in [-0.39, 0.29) is 21.1 Å². The van der Waals surface area contributed by atoms with Crippen molar-refractivity contribution in [2.75, 3.05) is 13.1 Å². The maximum atomic E-state index is 9.56. The third kappa shape index (κ3) is 7.01. The van der Waals surface area contributed by atoms with Crippen molar-refractivity contribution in [3.63, 3.8) is 0 Å². The van der Waals surface area contributed by atoms with Crippen LogP contribution < -0.4 is 21.7 Å². The number of carboxylic acid groups (broad SMARTS) is 1. The van der Waals surface area contributed by atoms with E-state index >= 15 is 0 Å². The van der Waals surface area contributed by atoms with E-state index in [1.54, 1.807) is 0 Å². The van der Waals surface area contributed by atoms with Crippen molar-refractivity contribution in [3.8, 4) is 0 Å². The van der Waals surface area contributed by atoms with E-state index in [1.807, 2.05) is 0 Å². The van der Waals surface area contributed by atoms with Gasteiger partial charge in [-0.05, 0) is 37.8 Å². The molecule has 4 N–H and O–H groups in total. The second kappa shape index (κ2) is 9.28. The van der Waals surface area contributed by atoms with Gasteiger partial charge in [-0.2, -0.15) is 0 Å². The monoisotopic (exact) mass is 397 g/mol. The van der Waals surface area contributed by atoms with Crippen LogP contribution in [0.2, 0.25) is 0 Å². The fourth-order valence-corrected chi connectivity index (χ4v) is 1.26. The maximum Gasteiger partial charge on any atom is 2.00 e. The molecule has 1 saturated carbocycles. The molecule has 1 aliphatic rings. The molecular weight excluding hydrogens is 379 g/mol. The fraction of sp³-hybridized carbons (Fsp3) is 0.889. The molecule has 0 bridgehead atoms. The largest absolute Gasteiger partial charge is 2.00 e. The van der Waals surface area contributed by atoms with E-state index < -0.39 is 12.1 Å². The van der Waals surface area contributed by atoms with Crippen LogP contribution in [0.4, 0.5) is 0 Å². The predicted molar refractivity (Wildman–Crippen MR) is 48.8 cm³/mol. The molecule has 0 spiro atoms. The Morgan fingerprint density at radius 1 is 1.33 bits per heavy atom. The summed E-state index contributed by atoms with van der Waals surface area (Å²) in [5.74, 6) is -0.0463. The molecule has 0 radical (unpaired) electrons. The van der Waals surface area contributed by atoms with E-state index in [9.17, 15) is 15.0 Å². The summed E-state index contributed by atoms with van der Waals surface area (Å²) in [7, 11) is 0. The summed E-state index contributed by atoms with van der Waals surface area (Å²) < 4.78 is 0. The number of hydrogen-bond acceptors (Lipinski definition) is 5. The van der Waals surface area contributed by atoms with Gasteiger partial charge < -0.3 is 26.5 Å². The number of carboxylic acids is 1. The van der Waals surface area contributed by atoms with E-state index in [4.69, 9.17) is 11.5 Å². The van der Waals surface area contributed by atoms with Crippen molar-refractivity contribution in [2.45, 2.75) is 25.9 Å². The second-order valence-corrected chi connectivity index (χ2v) is 3.53. The van der Waals surface area contributed by atoms with Crippen molar-refractivity contribution in [3.05, 3.63) is 0 Å². The Morgan fingerprint density at radius 2 is 1.60 bits per heavy atom. The van der Waals surface area contributed by atoms with Gasteiger partial charge in [-0.3, -0.25) is 0 Å². The van der Waals surface area contributed by atoms with Gasteiger partial charge in [0.2, 0.25) is 0 Å². The first-order valence-electron chi connectivity index (χ1n) is 4.79. The third-order valence-corrected chi connectivity index (χ3v) is 2.51. The first-order chi connectivity index (χ1) is 6.52. The fourth-order valence-electron chi connectivity index (χ4n) is 1.26. The van der Waals surface area contributed by atoms with Gasteiger partial charge in [0.25, 0.3) is 0 Å². The zero-order valence-electron chi connectivity index (χ0n) is 8.76. The second-order valence-electron chi connectivity index (χ2n) is 3.53. The Kier molecular flexibility index (Phi) is 10.8. The van der Waals surface area contributed by atoms with Crippen LogP contribution in [0.1, 0.15) is 19.8 Å². The first-order valence-corrected chi connectivity index (χ1v) is 4.79. The molecule has 15 heavy (non-hydrogen) atoms. The van der Waals surface area contributed by atoms with Crippen LogP contribution in [0.5, 0.6) is 0 Å². The van der Waals surface area contributed by atoms with Crippen LogP contribution >= 0.6 is 0 Å². The molecule has 0 amide bonds. The quantitative estimate of drug-likeness (QED) is 0.543. The van der Waals surface area contributed by atoms with Crippen molar-refractivity contribution >= 4 is 5.97 Å². The number of rotatable bonds is 3. The average Bonchev–Trinajstić information content (AvgIpc) is 2.05. The minimum absolute atomic E-state index is 0. The molecular formula is C9H18N2O3Pt. The molecule has 0 aliphatic heterocycles. The molecule has 0 saturated heterocycles. The molecule has 1 fully saturated rings. The van der Waals surface area contributed by atoms with Crippen molar-refractivity contribution in [2.24, 2.45) is 23.3 Å². The zero-order valence-corrected chi connectivity index (χ0v) is 11.0. The number of aliphatic carboxylic acids is 1. The summed E-state index contributed by atoms with van der Waals surface area (Å²) in [6.45, 7) is 2.69. The molecule has 3 atom stereocenters. The first kappa shape index (κ1) is 17.4. The molecule has 92 valence electrons. The SMILES string of the molecule is C[C@H]([O-])C(=O)[O-].NC[C@@H]1CC[C@H]1CN.[Pt+2]. The van der Waals surface area contributed by atoms with Crippen LogP contribution in [0.25, 0.3) is 0 Å². The van der Waals surface area contributed by atoms with Crippen LogP contribution in [0.3, 0.4) is 0 Å². The van der Waals surface area contributed by atoms with Crippen LogP contribution in [-0.4, -0.2) is 25.2 Å².